The van der Waals surface area contributed by atoms with Gasteiger partial charge in [-0.3, -0.25) is 0 Å². The normalized spacial score (nSPS) is 24.6. The van der Waals surface area contributed by atoms with Gasteiger partial charge in [0.25, 0.3) is 0 Å². The van der Waals surface area contributed by atoms with Gasteiger partial charge in [0.05, 0.1) is 6.10 Å². The number of nitrogens with one attached hydrogen (secondary N) is 1. The number of hydrogen-bond donors (Lipinski definition) is 1. The van der Waals surface area contributed by atoms with Crippen LogP contribution in [0.4, 0.5) is 4.79 Å². The third kappa shape index (κ3) is 27.5. The maximum Gasteiger partial charge on any atom is 0.410 e. The number of carbonyl (C=O) groups excluding carboxylic acids is 1. The van der Waals surface area contributed by atoms with E-state index < -0.39 is 0 Å². The summed E-state index contributed by atoms with van der Waals surface area (Å²) in [5.41, 5.74) is 1.04. The van der Waals surface area contributed by atoms with E-state index in [1.165, 1.54) is 116 Å². The molecule has 1 N–H and O–H groups in total. The second-order valence-electron chi connectivity index (χ2n) is 23.2. The molecule has 4 unspecified atom stereocenters. The molecule has 6 heterocycles. The Labute approximate surface area is 410 Å². The summed E-state index contributed by atoms with van der Waals surface area (Å²) in [6.45, 7) is 40.3. The van der Waals surface area contributed by atoms with E-state index in [0.29, 0.717) is 24.5 Å². The van der Waals surface area contributed by atoms with Crippen LogP contribution in [0.3, 0.4) is 0 Å². The first-order valence-electron chi connectivity index (χ1n) is 27.7. The topological polar surface area (TPSA) is 66.5 Å². The Morgan fingerprint density at radius 1 is 0.591 bits per heavy atom. The van der Waals surface area contributed by atoms with E-state index in [2.05, 4.69) is 112 Å². The highest BCUT2D eigenvalue weighted by Gasteiger charge is 2.27. The maximum absolute atomic E-state index is 12.0. The summed E-state index contributed by atoms with van der Waals surface area (Å²) in [4.78, 5) is 18.8. The van der Waals surface area contributed by atoms with Crippen LogP contribution >= 0.6 is 0 Å². The van der Waals surface area contributed by atoms with Crippen molar-refractivity contribution in [2.75, 3.05) is 86.3 Å². The largest absolute Gasteiger partial charge is 0.445 e. The summed E-state index contributed by atoms with van der Waals surface area (Å²) in [5.74, 6) is 9.37. The van der Waals surface area contributed by atoms with Crippen LogP contribution < -0.4 is 5.32 Å². The number of hydrogen-bond acceptors (Lipinski definition) is 7. The quantitative estimate of drug-likeness (QED) is 0.265. The van der Waals surface area contributed by atoms with Gasteiger partial charge in [0.2, 0.25) is 0 Å². The van der Waals surface area contributed by atoms with E-state index in [9.17, 15) is 4.79 Å². The zero-order chi connectivity index (χ0) is 48.9. The number of rotatable bonds is 9. The minimum absolute atomic E-state index is 0.172. The van der Waals surface area contributed by atoms with E-state index in [-0.39, 0.29) is 6.09 Å². The number of amides is 1. The smallest absolute Gasteiger partial charge is 0.410 e. The third-order valence-electron chi connectivity index (χ3n) is 15.4. The summed E-state index contributed by atoms with van der Waals surface area (Å²) < 4.78 is 16.1. The van der Waals surface area contributed by atoms with Gasteiger partial charge in [-0.15, -0.1) is 0 Å². The van der Waals surface area contributed by atoms with Crippen LogP contribution in [0, 0.1) is 65.1 Å². The van der Waals surface area contributed by atoms with Gasteiger partial charge in [0.1, 0.15) is 6.61 Å². The molecule has 386 valence electrons. The summed E-state index contributed by atoms with van der Waals surface area (Å²) in [7, 11) is 4.45. The van der Waals surface area contributed by atoms with Gasteiger partial charge in [-0.25, -0.2) is 4.79 Å². The molecule has 7 rings (SSSR count). The van der Waals surface area contributed by atoms with Crippen LogP contribution in [-0.4, -0.2) is 113 Å². The maximum atomic E-state index is 12.0. The summed E-state index contributed by atoms with van der Waals surface area (Å²) in [6, 6.07) is 9.82. The Morgan fingerprint density at radius 3 is 1.59 bits per heavy atom. The van der Waals surface area contributed by atoms with Gasteiger partial charge in [0, 0.05) is 39.5 Å². The SMILES string of the molecule is CC(C)C1CCCN(C(=O)OCc2ccccc2)C1.CC(C)C1CCCN(C)C1.CC(C)C1CCCNC1.CC(C)C1CCN(C)CC1.CC(C)C1CCOCC1.CC(C)CC1CCCO1. The lowest BCUT2D eigenvalue weighted by Crippen LogP contribution is -2.41. The van der Waals surface area contributed by atoms with Crippen molar-refractivity contribution in [1.29, 1.82) is 0 Å². The molecule has 6 fully saturated rings. The number of ether oxygens (including phenoxy) is 3. The molecule has 0 spiro atoms. The molecule has 8 nitrogen and oxygen atoms in total. The Kier molecular flexibility index (Phi) is 32.4. The monoisotopic (exact) mass is 927 g/mol. The number of carbonyl (C=O) groups is 1. The molecule has 0 aliphatic carbocycles. The molecule has 4 atom stereocenters. The molecule has 1 aromatic carbocycles. The molecule has 6 aliphatic heterocycles. The second kappa shape index (κ2) is 35.4. The van der Waals surface area contributed by atoms with Crippen molar-refractivity contribution < 1.29 is 19.0 Å². The van der Waals surface area contributed by atoms with Crippen LogP contribution in [0.25, 0.3) is 0 Å². The van der Waals surface area contributed by atoms with Crippen molar-refractivity contribution in [2.45, 2.75) is 179 Å². The molecule has 0 bridgehead atoms. The molecule has 0 aromatic heterocycles. The van der Waals surface area contributed by atoms with Gasteiger partial charge >= 0.3 is 6.09 Å². The van der Waals surface area contributed by atoms with Crippen LogP contribution in [0.15, 0.2) is 30.3 Å². The van der Waals surface area contributed by atoms with Crippen LogP contribution in [0.2, 0.25) is 0 Å². The summed E-state index contributed by atoms with van der Waals surface area (Å²) >= 11 is 0. The lowest BCUT2D eigenvalue weighted by Gasteiger charge is -2.34. The molecule has 1 amide bonds. The molecule has 0 radical (unpaired) electrons. The third-order valence-corrected chi connectivity index (χ3v) is 15.4. The first-order chi connectivity index (χ1) is 31.5. The number of benzene rings is 1. The van der Waals surface area contributed by atoms with E-state index in [1.54, 1.807) is 0 Å². The van der Waals surface area contributed by atoms with Crippen LogP contribution in [0.5, 0.6) is 0 Å². The Balaban J connectivity index is 0.000000281. The fourth-order valence-corrected chi connectivity index (χ4v) is 10.2. The zero-order valence-electron chi connectivity index (χ0n) is 46.0. The van der Waals surface area contributed by atoms with Crippen molar-refractivity contribution in [3.63, 3.8) is 0 Å². The van der Waals surface area contributed by atoms with Gasteiger partial charge in [-0.1, -0.05) is 113 Å². The van der Waals surface area contributed by atoms with E-state index in [4.69, 9.17) is 14.2 Å². The molecule has 8 heteroatoms. The van der Waals surface area contributed by atoms with Crippen LogP contribution in [0.1, 0.15) is 172 Å². The lowest BCUT2D eigenvalue weighted by atomic mass is 9.87. The first kappa shape index (κ1) is 60.4. The number of likely N-dealkylation sites (tertiary alicyclic amines) is 3. The minimum atomic E-state index is -0.172. The van der Waals surface area contributed by atoms with Gasteiger partial charge in [-0.05, 0) is 201 Å². The molecule has 6 saturated heterocycles. The Morgan fingerprint density at radius 2 is 1.14 bits per heavy atom. The fourth-order valence-electron chi connectivity index (χ4n) is 10.2. The highest BCUT2D eigenvalue weighted by Crippen LogP contribution is 2.26. The predicted molar refractivity (Wildman–Crippen MR) is 283 cm³/mol. The highest BCUT2D eigenvalue weighted by atomic mass is 16.6. The molecule has 0 saturated carbocycles. The molecular formula is C58H110N4O4. The minimum Gasteiger partial charge on any atom is -0.445 e. The van der Waals surface area contributed by atoms with E-state index >= 15 is 0 Å². The fraction of sp³-hybridized carbons (Fsp3) is 0.879. The van der Waals surface area contributed by atoms with E-state index in [0.717, 1.165) is 98.2 Å². The van der Waals surface area contributed by atoms with Crippen molar-refractivity contribution in [2.24, 2.45) is 65.1 Å². The highest BCUT2D eigenvalue weighted by molar-refractivity contribution is 5.67. The van der Waals surface area contributed by atoms with Gasteiger partial charge in [-0.2, -0.15) is 0 Å². The van der Waals surface area contributed by atoms with Crippen molar-refractivity contribution in [1.82, 2.24) is 20.0 Å². The lowest BCUT2D eigenvalue weighted by molar-refractivity contribution is 0.0523. The van der Waals surface area contributed by atoms with E-state index in [1.807, 2.05) is 35.2 Å². The molecular weight excluding hydrogens is 817 g/mol. The summed E-state index contributed by atoms with van der Waals surface area (Å²) in [5, 5.41) is 3.42. The van der Waals surface area contributed by atoms with Crippen molar-refractivity contribution >= 4 is 6.09 Å². The first-order valence-corrected chi connectivity index (χ1v) is 27.7. The number of piperidine rings is 4. The standard InChI is InChI=1S/C16H23NO2.2C9H19N.C8H17N.2C8H16O/c1-13(2)15-9-6-10-17(11-15)16(18)19-12-14-7-4-3-5-8-14;1-8(2)9-4-6-10(3)7-5-9;1-8(2)9-5-4-6-10(3)7-9;1-7(2)8-4-3-5-9-6-8;1-7(2)8-3-5-9-6-4-8;1-7(2)6-8-4-3-5-9-8/h3-5,7-8,13,15H,6,9-12H2,1-2H3;2*8-9H,4-7H2,1-3H3;7-9H,3-6H2,1-2H3;2*7-8H,3-6H2,1-2H3. The Bertz CT molecular complexity index is 1260. The zero-order valence-corrected chi connectivity index (χ0v) is 46.0. The van der Waals surface area contributed by atoms with Gasteiger partial charge < -0.3 is 34.2 Å². The predicted octanol–water partition coefficient (Wildman–Crippen LogP) is 13.6. The molecule has 6 aliphatic rings. The van der Waals surface area contributed by atoms with Crippen molar-refractivity contribution in [3.05, 3.63) is 35.9 Å². The van der Waals surface area contributed by atoms with Crippen molar-refractivity contribution in [3.8, 4) is 0 Å². The Hall–Kier alpha value is -1.71. The molecule has 1 aromatic rings. The van der Waals surface area contributed by atoms with Gasteiger partial charge in [0.15, 0.2) is 0 Å². The summed E-state index contributed by atoms with van der Waals surface area (Å²) in [6.07, 6.45) is 17.6. The average Bonchev–Trinajstić information content (AvgIpc) is 3.83. The molecule has 66 heavy (non-hydrogen) atoms. The second-order valence-corrected chi connectivity index (χ2v) is 23.2. The van der Waals surface area contributed by atoms with Crippen LogP contribution in [-0.2, 0) is 20.8 Å². The average molecular weight is 928 g/mol. The number of nitrogens with zero attached hydrogens (tertiary/aromatic N) is 3.